The van der Waals surface area contributed by atoms with E-state index < -0.39 is 23.5 Å². The molecule has 5 N–H and O–H groups in total. The Morgan fingerprint density at radius 3 is 1.52 bits per heavy atom. The number of nitrogens with one attached hydrogen (secondary N) is 3. The summed E-state index contributed by atoms with van der Waals surface area (Å²) >= 11 is 6.20. The van der Waals surface area contributed by atoms with Crippen LogP contribution in [0.5, 0.6) is 11.5 Å². The number of carbonyl (C=O) groups is 3. The van der Waals surface area contributed by atoms with Gasteiger partial charge < -0.3 is 26.2 Å². The van der Waals surface area contributed by atoms with E-state index in [-0.39, 0.29) is 47.1 Å². The molecule has 0 radical (unpaired) electrons. The van der Waals surface area contributed by atoms with Gasteiger partial charge in [0.05, 0.1) is 17.1 Å². The van der Waals surface area contributed by atoms with Crippen LogP contribution in [0.4, 0.5) is 0 Å². The van der Waals surface area contributed by atoms with Crippen molar-refractivity contribution in [3.05, 3.63) is 59.7 Å². The zero-order chi connectivity index (χ0) is 20.6. The molecule has 0 aromatic heterocycles. The van der Waals surface area contributed by atoms with Crippen molar-refractivity contribution < 1.29 is 24.6 Å². The number of hydrogen-bond donors (Lipinski definition) is 5. The molecule has 0 saturated carbocycles. The van der Waals surface area contributed by atoms with E-state index in [2.05, 4.69) is 35.7 Å². The lowest BCUT2D eigenvalue weighted by atomic mass is 9.99. The summed E-state index contributed by atoms with van der Waals surface area (Å²) in [6.45, 7) is 9.44. The average molecular weight is 394 g/mol. The molecule has 1 rings (SSSR count). The number of rotatable bonds is 9. The molecule has 0 saturated heterocycles. The van der Waals surface area contributed by atoms with Crippen LogP contribution in [-0.4, -0.2) is 27.9 Å². The highest BCUT2D eigenvalue weighted by Gasteiger charge is 2.23. The second-order valence-electron chi connectivity index (χ2n) is 5.21. The summed E-state index contributed by atoms with van der Waals surface area (Å²) in [5.41, 5.74) is 0.321. The molecule has 0 heterocycles. The first kappa shape index (κ1) is 21.8. The van der Waals surface area contributed by atoms with Crippen molar-refractivity contribution in [1.29, 1.82) is 0 Å². The Morgan fingerprint density at radius 2 is 1.11 bits per heavy atom. The fourth-order valence-corrected chi connectivity index (χ4v) is 2.43. The van der Waals surface area contributed by atoms with Gasteiger partial charge in [-0.1, -0.05) is 31.3 Å². The molecule has 1 aromatic rings. The Kier molecular flexibility index (Phi) is 8.09. The third kappa shape index (κ3) is 5.61. The summed E-state index contributed by atoms with van der Waals surface area (Å²) in [6.07, 6.45) is 3.12. The number of aromatic hydroxyl groups is 2. The third-order valence-corrected chi connectivity index (χ3v) is 3.98. The van der Waals surface area contributed by atoms with E-state index in [0.717, 1.165) is 18.2 Å². The second-order valence-corrected chi connectivity index (χ2v) is 5.59. The highest BCUT2D eigenvalue weighted by molar-refractivity contribution is 6.33. The highest BCUT2D eigenvalue weighted by atomic mass is 35.5. The third-order valence-electron chi connectivity index (χ3n) is 3.57. The highest BCUT2D eigenvalue weighted by Crippen LogP contribution is 2.41. The van der Waals surface area contributed by atoms with Gasteiger partial charge in [0.1, 0.15) is 11.5 Å². The van der Waals surface area contributed by atoms with Crippen molar-refractivity contribution in [3.63, 3.8) is 0 Å². The van der Waals surface area contributed by atoms with Crippen molar-refractivity contribution in [3.8, 4) is 11.5 Å². The average Bonchev–Trinajstić information content (AvgIpc) is 2.67. The van der Waals surface area contributed by atoms with Crippen LogP contribution in [0.25, 0.3) is 0 Å². The maximum atomic E-state index is 11.5. The van der Waals surface area contributed by atoms with E-state index in [4.69, 9.17) is 11.6 Å². The zero-order valence-electron chi connectivity index (χ0n) is 14.5. The maximum Gasteiger partial charge on any atom is 0.243 e. The number of amides is 3. The zero-order valence-corrected chi connectivity index (χ0v) is 15.2. The molecule has 144 valence electrons. The van der Waals surface area contributed by atoms with Crippen LogP contribution >= 0.6 is 11.6 Å². The molecule has 1 aromatic carbocycles. The molecule has 0 aliphatic carbocycles. The van der Waals surface area contributed by atoms with Gasteiger partial charge in [-0.15, -0.1) is 0 Å². The number of phenolic OH excluding ortho intramolecular Hbond substituents is 2. The number of phenols is 2. The first-order valence-corrected chi connectivity index (χ1v) is 8.09. The van der Waals surface area contributed by atoms with Crippen LogP contribution in [0.15, 0.2) is 38.0 Å². The molecule has 0 fully saturated rings. The summed E-state index contributed by atoms with van der Waals surface area (Å²) in [7, 11) is 0. The van der Waals surface area contributed by atoms with Crippen molar-refractivity contribution >= 4 is 29.3 Å². The van der Waals surface area contributed by atoms with Gasteiger partial charge in [0.25, 0.3) is 0 Å². The normalized spacial score (nSPS) is 9.81. The molecule has 27 heavy (non-hydrogen) atoms. The van der Waals surface area contributed by atoms with Gasteiger partial charge in [-0.25, -0.2) is 0 Å². The van der Waals surface area contributed by atoms with Crippen LogP contribution in [0.3, 0.4) is 0 Å². The fourth-order valence-electron chi connectivity index (χ4n) is 2.13. The summed E-state index contributed by atoms with van der Waals surface area (Å²) in [5.74, 6) is -2.35. The molecule has 0 unspecified atom stereocenters. The van der Waals surface area contributed by atoms with Crippen molar-refractivity contribution in [2.45, 2.75) is 19.6 Å². The van der Waals surface area contributed by atoms with E-state index in [1.807, 2.05) is 0 Å². The van der Waals surface area contributed by atoms with Gasteiger partial charge in [0.15, 0.2) is 0 Å². The van der Waals surface area contributed by atoms with Crippen LogP contribution in [0.2, 0.25) is 5.02 Å². The lowest BCUT2D eigenvalue weighted by Crippen LogP contribution is -2.25. The molecule has 3 amide bonds. The number of halogens is 1. The molecular formula is C18H20ClN3O5. The van der Waals surface area contributed by atoms with Gasteiger partial charge in [0, 0.05) is 24.2 Å². The fraction of sp³-hybridized carbons (Fsp3) is 0.167. The van der Waals surface area contributed by atoms with E-state index in [0.29, 0.717) is 0 Å². The van der Waals surface area contributed by atoms with E-state index in [1.54, 1.807) is 0 Å². The Labute approximate surface area is 161 Å². The molecule has 0 spiro atoms. The maximum absolute atomic E-state index is 11.5. The summed E-state index contributed by atoms with van der Waals surface area (Å²) in [5, 5.41) is 28.1. The second kappa shape index (κ2) is 10.0. The smallest absolute Gasteiger partial charge is 0.243 e. The minimum Gasteiger partial charge on any atom is -0.507 e. The minimum absolute atomic E-state index is 0.0446. The summed E-state index contributed by atoms with van der Waals surface area (Å²) in [6, 6.07) is 0. The lowest BCUT2D eigenvalue weighted by Gasteiger charge is -2.19. The quantitative estimate of drug-likeness (QED) is 0.402. The van der Waals surface area contributed by atoms with Gasteiger partial charge in [-0.3, -0.25) is 14.4 Å². The molecule has 0 atom stereocenters. The van der Waals surface area contributed by atoms with E-state index in [1.165, 1.54) is 0 Å². The number of carbonyl (C=O) groups excluding carboxylic acids is 3. The monoisotopic (exact) mass is 393 g/mol. The predicted octanol–water partition coefficient (Wildman–Crippen LogP) is 1.16. The molecule has 0 aliphatic heterocycles. The molecule has 9 heteroatoms. The first-order valence-electron chi connectivity index (χ1n) is 7.71. The molecule has 0 aliphatic rings. The Bertz CT molecular complexity index is 805. The van der Waals surface area contributed by atoms with Crippen molar-refractivity contribution in [2.75, 3.05) is 0 Å². The number of hydrogen-bond acceptors (Lipinski definition) is 5. The van der Waals surface area contributed by atoms with Crippen molar-refractivity contribution in [2.24, 2.45) is 0 Å². The lowest BCUT2D eigenvalue weighted by molar-refractivity contribution is -0.117. The standard InChI is InChI=1S/C18H20ClN3O5/c1-4-13(23)20-7-10-11(8-21-14(24)5-2)17(26)12(18(27)16(10)19)9-22-15(25)6-3/h4-6,26-27H,1-3,7-9H2,(H,20,23)(H,21,24)(H,22,25). The van der Waals surface area contributed by atoms with Gasteiger partial charge in [0.2, 0.25) is 17.7 Å². The Hall–Kier alpha value is -3.26. The summed E-state index contributed by atoms with van der Waals surface area (Å²) in [4.78, 5) is 34.3. The topological polar surface area (TPSA) is 128 Å². The molecule has 0 bridgehead atoms. The minimum atomic E-state index is -0.520. The van der Waals surface area contributed by atoms with Crippen LogP contribution < -0.4 is 16.0 Å². The van der Waals surface area contributed by atoms with Gasteiger partial charge in [-0.05, 0) is 18.2 Å². The molecule has 8 nitrogen and oxygen atoms in total. The van der Waals surface area contributed by atoms with Crippen LogP contribution in [0, 0.1) is 0 Å². The van der Waals surface area contributed by atoms with Gasteiger partial charge in [-0.2, -0.15) is 0 Å². The first-order chi connectivity index (χ1) is 12.8. The Balaban J connectivity index is 3.37. The largest absolute Gasteiger partial charge is 0.507 e. The predicted molar refractivity (Wildman–Crippen MR) is 101 cm³/mol. The Morgan fingerprint density at radius 1 is 0.741 bits per heavy atom. The van der Waals surface area contributed by atoms with E-state index >= 15 is 0 Å². The summed E-state index contributed by atoms with van der Waals surface area (Å²) < 4.78 is 0. The van der Waals surface area contributed by atoms with Crippen LogP contribution in [0.1, 0.15) is 16.7 Å². The van der Waals surface area contributed by atoms with Gasteiger partial charge >= 0.3 is 0 Å². The van der Waals surface area contributed by atoms with Crippen molar-refractivity contribution in [1.82, 2.24) is 16.0 Å². The van der Waals surface area contributed by atoms with E-state index in [9.17, 15) is 24.6 Å². The van der Waals surface area contributed by atoms with Crippen LogP contribution in [-0.2, 0) is 34.0 Å². The number of benzene rings is 1. The molecular weight excluding hydrogens is 374 g/mol. The SMILES string of the molecule is C=CC(=O)NCc1c(O)c(Cl)c(CNC(=O)C=C)c(CNC(=O)C=C)c1O.